The quantitative estimate of drug-likeness (QED) is 0.739. The summed E-state index contributed by atoms with van der Waals surface area (Å²) in [7, 11) is 0. The van der Waals surface area contributed by atoms with E-state index in [4.69, 9.17) is 5.11 Å². The Kier molecular flexibility index (Phi) is 2.75. The zero-order valence-corrected chi connectivity index (χ0v) is 9.62. The second kappa shape index (κ2) is 3.78. The minimum absolute atomic E-state index is 0.199. The van der Waals surface area contributed by atoms with Crippen molar-refractivity contribution in [1.82, 2.24) is 5.32 Å². The van der Waals surface area contributed by atoms with Crippen LogP contribution in [-0.4, -0.2) is 23.7 Å². The summed E-state index contributed by atoms with van der Waals surface area (Å²) in [6.45, 7) is 4.48. The molecule has 2 saturated carbocycles. The number of nitrogens with one attached hydrogen (secondary N) is 1. The van der Waals surface area contributed by atoms with Gasteiger partial charge in [-0.25, -0.2) is 0 Å². The van der Waals surface area contributed by atoms with E-state index >= 15 is 0 Å². The van der Waals surface area contributed by atoms with Crippen molar-refractivity contribution in [2.75, 3.05) is 6.61 Å². The fourth-order valence-corrected chi connectivity index (χ4v) is 2.64. The smallest absolute Gasteiger partial charge is 0.223 e. The number of amides is 1. The van der Waals surface area contributed by atoms with Gasteiger partial charge >= 0.3 is 0 Å². The first-order chi connectivity index (χ1) is 7.04. The summed E-state index contributed by atoms with van der Waals surface area (Å²) >= 11 is 0. The molecule has 0 heterocycles. The summed E-state index contributed by atoms with van der Waals surface area (Å²) < 4.78 is 0. The predicted molar refractivity (Wildman–Crippen MR) is 58.2 cm³/mol. The van der Waals surface area contributed by atoms with Gasteiger partial charge in [-0.1, -0.05) is 20.3 Å². The lowest BCUT2D eigenvalue weighted by Crippen LogP contribution is -2.40. The lowest BCUT2D eigenvalue weighted by atomic mass is 10.0. The third-order valence-corrected chi connectivity index (χ3v) is 4.05. The molecule has 1 amide bonds. The summed E-state index contributed by atoms with van der Waals surface area (Å²) in [6, 6.07) is 0.221. The van der Waals surface area contributed by atoms with Crippen molar-refractivity contribution in [3.05, 3.63) is 0 Å². The molecule has 0 radical (unpaired) electrons. The van der Waals surface area contributed by atoms with Gasteiger partial charge in [0.15, 0.2) is 0 Å². The van der Waals surface area contributed by atoms with Crippen LogP contribution in [0.25, 0.3) is 0 Å². The van der Waals surface area contributed by atoms with Crippen molar-refractivity contribution in [3.63, 3.8) is 0 Å². The summed E-state index contributed by atoms with van der Waals surface area (Å²) in [5.74, 6) is 0.693. The van der Waals surface area contributed by atoms with Crippen molar-refractivity contribution in [2.45, 2.75) is 45.6 Å². The van der Waals surface area contributed by atoms with Gasteiger partial charge in [0.25, 0.3) is 0 Å². The van der Waals surface area contributed by atoms with Gasteiger partial charge in [-0.2, -0.15) is 0 Å². The molecule has 2 N–H and O–H groups in total. The zero-order chi connectivity index (χ0) is 11.1. The molecule has 3 nitrogen and oxygen atoms in total. The molecule has 15 heavy (non-hydrogen) atoms. The van der Waals surface area contributed by atoms with Crippen LogP contribution in [0, 0.1) is 17.3 Å². The molecule has 3 atom stereocenters. The third-order valence-electron chi connectivity index (χ3n) is 4.05. The number of hydrogen-bond acceptors (Lipinski definition) is 2. The molecule has 0 saturated heterocycles. The van der Waals surface area contributed by atoms with E-state index in [0.29, 0.717) is 0 Å². The number of hydrogen-bond donors (Lipinski definition) is 2. The summed E-state index contributed by atoms with van der Waals surface area (Å²) in [4.78, 5) is 11.8. The molecular weight excluding hydrogens is 190 g/mol. The van der Waals surface area contributed by atoms with Crippen molar-refractivity contribution in [1.29, 1.82) is 0 Å². The lowest BCUT2D eigenvalue weighted by Gasteiger charge is -2.19. The normalized spacial score (nSPS) is 37.7. The van der Waals surface area contributed by atoms with Gasteiger partial charge < -0.3 is 10.4 Å². The highest BCUT2D eigenvalue weighted by molar-refractivity contribution is 5.82. The van der Waals surface area contributed by atoms with Crippen LogP contribution in [0.2, 0.25) is 0 Å². The molecule has 2 fully saturated rings. The van der Waals surface area contributed by atoms with E-state index in [2.05, 4.69) is 19.2 Å². The minimum Gasteiger partial charge on any atom is -0.396 e. The molecule has 2 aliphatic carbocycles. The fraction of sp³-hybridized carbons (Fsp3) is 0.917. The maximum Gasteiger partial charge on any atom is 0.223 e. The Balaban J connectivity index is 1.84. The maximum absolute atomic E-state index is 11.8. The summed E-state index contributed by atoms with van der Waals surface area (Å²) in [6.07, 6.45) is 4.22. The number of rotatable bonds is 3. The fourth-order valence-electron chi connectivity index (χ4n) is 2.64. The lowest BCUT2D eigenvalue weighted by molar-refractivity contribution is -0.124. The van der Waals surface area contributed by atoms with E-state index in [1.807, 2.05) is 0 Å². The van der Waals surface area contributed by atoms with Crippen molar-refractivity contribution in [2.24, 2.45) is 17.3 Å². The van der Waals surface area contributed by atoms with Crippen LogP contribution < -0.4 is 5.32 Å². The molecule has 0 aromatic carbocycles. The Hall–Kier alpha value is -0.570. The number of aliphatic hydroxyl groups excluding tert-OH is 1. The second-order valence-corrected chi connectivity index (χ2v) is 5.73. The van der Waals surface area contributed by atoms with Crippen LogP contribution in [0.1, 0.15) is 39.5 Å². The predicted octanol–water partition coefficient (Wildman–Crippen LogP) is 1.31. The molecule has 0 aromatic rings. The Morgan fingerprint density at radius 3 is 2.67 bits per heavy atom. The molecule has 3 heteroatoms. The van der Waals surface area contributed by atoms with Crippen LogP contribution in [0.4, 0.5) is 0 Å². The van der Waals surface area contributed by atoms with E-state index in [-0.39, 0.29) is 35.8 Å². The number of carbonyl (C=O) groups is 1. The van der Waals surface area contributed by atoms with E-state index in [9.17, 15) is 4.79 Å². The Labute approximate surface area is 91.2 Å². The summed E-state index contributed by atoms with van der Waals surface area (Å²) in [5, 5.41) is 12.3. The Bertz CT molecular complexity index is 262. The van der Waals surface area contributed by atoms with Crippen LogP contribution in [0.3, 0.4) is 0 Å². The van der Waals surface area contributed by atoms with Crippen LogP contribution in [0.5, 0.6) is 0 Å². The number of aliphatic hydroxyl groups is 1. The van der Waals surface area contributed by atoms with Gasteiger partial charge in [-0.05, 0) is 24.7 Å². The first-order valence-corrected chi connectivity index (χ1v) is 5.96. The zero-order valence-electron chi connectivity index (χ0n) is 9.62. The van der Waals surface area contributed by atoms with Crippen LogP contribution >= 0.6 is 0 Å². The number of carbonyl (C=O) groups excluding carboxylic acids is 1. The topological polar surface area (TPSA) is 49.3 Å². The first-order valence-electron chi connectivity index (χ1n) is 5.96. The van der Waals surface area contributed by atoms with E-state index in [0.717, 1.165) is 25.7 Å². The SMILES string of the molecule is CC1(C)CC1C(=O)NC1CCCC1CO. The Morgan fingerprint density at radius 1 is 1.47 bits per heavy atom. The first kappa shape index (κ1) is 10.9. The monoisotopic (exact) mass is 211 g/mol. The van der Waals surface area contributed by atoms with Gasteiger partial charge in [0, 0.05) is 24.5 Å². The van der Waals surface area contributed by atoms with E-state index in [1.54, 1.807) is 0 Å². The molecule has 0 aromatic heterocycles. The van der Waals surface area contributed by atoms with E-state index < -0.39 is 0 Å². The van der Waals surface area contributed by atoms with Crippen molar-refractivity contribution < 1.29 is 9.90 Å². The molecule has 0 spiro atoms. The van der Waals surface area contributed by atoms with Gasteiger partial charge in [0.2, 0.25) is 5.91 Å². The standard InChI is InChI=1S/C12H21NO2/c1-12(2)6-9(12)11(15)13-10-5-3-4-8(10)7-14/h8-10,14H,3-7H2,1-2H3,(H,13,15). The molecule has 0 aliphatic heterocycles. The highest BCUT2D eigenvalue weighted by atomic mass is 16.3. The van der Waals surface area contributed by atoms with E-state index in [1.165, 1.54) is 0 Å². The summed E-state index contributed by atoms with van der Waals surface area (Å²) in [5.41, 5.74) is 0.206. The molecule has 2 rings (SSSR count). The largest absolute Gasteiger partial charge is 0.396 e. The van der Waals surface area contributed by atoms with Gasteiger partial charge in [-0.15, -0.1) is 0 Å². The minimum atomic E-state index is 0.199. The third kappa shape index (κ3) is 2.17. The van der Waals surface area contributed by atoms with Crippen molar-refractivity contribution in [3.8, 4) is 0 Å². The van der Waals surface area contributed by atoms with Crippen LogP contribution in [0.15, 0.2) is 0 Å². The molecular formula is C12H21NO2. The molecule has 3 unspecified atom stereocenters. The average Bonchev–Trinajstić information content (AvgIpc) is 2.60. The highest BCUT2D eigenvalue weighted by Gasteiger charge is 2.51. The van der Waals surface area contributed by atoms with Crippen LogP contribution in [-0.2, 0) is 4.79 Å². The second-order valence-electron chi connectivity index (χ2n) is 5.73. The molecule has 86 valence electrons. The van der Waals surface area contributed by atoms with Crippen molar-refractivity contribution >= 4 is 5.91 Å². The van der Waals surface area contributed by atoms with Gasteiger partial charge in [-0.3, -0.25) is 4.79 Å². The van der Waals surface area contributed by atoms with Gasteiger partial charge in [0.05, 0.1) is 0 Å². The maximum atomic E-state index is 11.8. The highest BCUT2D eigenvalue weighted by Crippen LogP contribution is 2.51. The molecule has 2 aliphatic rings. The van der Waals surface area contributed by atoms with Gasteiger partial charge in [0.1, 0.15) is 0 Å². The molecule has 0 bridgehead atoms. The Morgan fingerprint density at radius 2 is 2.13 bits per heavy atom. The average molecular weight is 211 g/mol.